The maximum Gasteiger partial charge on any atom is 0.255 e. The molecule has 144 valence electrons. The Morgan fingerprint density at radius 3 is 2.50 bits per heavy atom. The van der Waals surface area contributed by atoms with Crippen LogP contribution in [0.5, 0.6) is 5.75 Å². The number of amides is 2. The largest absolute Gasteiger partial charge is 0.484 e. The number of hydrogen-bond donors (Lipinski definition) is 2. The van der Waals surface area contributed by atoms with Crippen LogP contribution < -0.4 is 15.8 Å². The van der Waals surface area contributed by atoms with E-state index in [-0.39, 0.29) is 18.9 Å². The summed E-state index contributed by atoms with van der Waals surface area (Å²) in [7, 11) is 0. The van der Waals surface area contributed by atoms with Crippen LogP contribution in [0.4, 0.5) is 5.69 Å². The number of benzene rings is 2. The van der Waals surface area contributed by atoms with Crippen molar-refractivity contribution < 1.29 is 18.7 Å². The van der Waals surface area contributed by atoms with Gasteiger partial charge >= 0.3 is 0 Å². The van der Waals surface area contributed by atoms with Crippen LogP contribution in [-0.4, -0.2) is 23.4 Å². The van der Waals surface area contributed by atoms with Gasteiger partial charge in [-0.25, -0.2) is 4.98 Å². The van der Waals surface area contributed by atoms with Crippen molar-refractivity contribution in [1.82, 2.24) is 4.98 Å². The number of hydrogen-bond acceptors (Lipinski definition) is 5. The minimum Gasteiger partial charge on any atom is -0.484 e. The SMILES string of the molecule is NC(=O)COc1ccc(NC(=O)CCc2ncc(-c3ccc(Cl)cc3)o2)cc1. The van der Waals surface area contributed by atoms with Gasteiger partial charge in [0.15, 0.2) is 18.3 Å². The third-order valence-corrected chi connectivity index (χ3v) is 4.02. The molecule has 0 atom stereocenters. The Morgan fingerprint density at radius 1 is 1.11 bits per heavy atom. The molecule has 28 heavy (non-hydrogen) atoms. The molecule has 0 radical (unpaired) electrons. The van der Waals surface area contributed by atoms with Crippen LogP contribution in [-0.2, 0) is 16.0 Å². The molecule has 0 spiro atoms. The number of nitrogens with two attached hydrogens (primary N) is 1. The molecule has 0 aliphatic heterocycles. The fourth-order valence-electron chi connectivity index (χ4n) is 2.41. The number of halogens is 1. The number of anilines is 1. The van der Waals surface area contributed by atoms with E-state index in [1.807, 2.05) is 12.1 Å². The summed E-state index contributed by atoms with van der Waals surface area (Å²) in [5, 5.41) is 3.42. The van der Waals surface area contributed by atoms with E-state index in [4.69, 9.17) is 26.5 Å². The summed E-state index contributed by atoms with van der Waals surface area (Å²) in [6.45, 7) is -0.195. The fraction of sp³-hybridized carbons (Fsp3) is 0.150. The minimum absolute atomic E-state index is 0.169. The van der Waals surface area contributed by atoms with E-state index in [0.29, 0.717) is 34.5 Å². The van der Waals surface area contributed by atoms with E-state index < -0.39 is 5.91 Å². The molecule has 1 heterocycles. The van der Waals surface area contributed by atoms with Gasteiger partial charge in [0, 0.05) is 29.1 Å². The number of aromatic nitrogens is 1. The van der Waals surface area contributed by atoms with Gasteiger partial charge in [-0.05, 0) is 48.5 Å². The first-order valence-corrected chi connectivity index (χ1v) is 8.89. The summed E-state index contributed by atoms with van der Waals surface area (Å²) in [6.07, 6.45) is 2.22. The lowest BCUT2D eigenvalue weighted by atomic mass is 10.2. The second-order valence-electron chi connectivity index (χ2n) is 5.95. The molecule has 3 N–H and O–H groups in total. The van der Waals surface area contributed by atoms with Crippen LogP contribution in [0, 0.1) is 0 Å². The molecule has 8 heteroatoms. The van der Waals surface area contributed by atoms with Crippen LogP contribution in [0.2, 0.25) is 5.02 Å². The fourth-order valence-corrected chi connectivity index (χ4v) is 2.53. The van der Waals surface area contributed by atoms with Gasteiger partial charge in [0.1, 0.15) is 5.75 Å². The van der Waals surface area contributed by atoms with Gasteiger partial charge in [-0.1, -0.05) is 11.6 Å². The van der Waals surface area contributed by atoms with Crippen LogP contribution in [0.3, 0.4) is 0 Å². The molecule has 2 amide bonds. The normalized spacial score (nSPS) is 10.5. The average Bonchev–Trinajstić information content (AvgIpc) is 3.15. The van der Waals surface area contributed by atoms with E-state index >= 15 is 0 Å². The highest BCUT2D eigenvalue weighted by Crippen LogP contribution is 2.23. The summed E-state index contributed by atoms with van der Waals surface area (Å²) >= 11 is 5.88. The lowest BCUT2D eigenvalue weighted by Gasteiger charge is -2.07. The average molecular weight is 400 g/mol. The molecule has 2 aromatic carbocycles. The number of nitrogens with zero attached hydrogens (tertiary/aromatic N) is 1. The van der Waals surface area contributed by atoms with Crippen LogP contribution in [0.15, 0.2) is 59.1 Å². The first kappa shape index (κ1) is 19.4. The van der Waals surface area contributed by atoms with Crippen molar-refractivity contribution in [1.29, 1.82) is 0 Å². The first-order chi connectivity index (χ1) is 13.5. The van der Waals surface area contributed by atoms with E-state index in [2.05, 4.69) is 10.3 Å². The molecule has 0 unspecified atom stereocenters. The maximum atomic E-state index is 12.1. The molecule has 7 nitrogen and oxygen atoms in total. The van der Waals surface area contributed by atoms with Gasteiger partial charge in [-0.3, -0.25) is 9.59 Å². The number of ether oxygens (including phenoxy) is 1. The Balaban J connectivity index is 1.49. The van der Waals surface area contributed by atoms with Gasteiger partial charge in [0.05, 0.1) is 6.20 Å². The summed E-state index contributed by atoms with van der Waals surface area (Å²) in [6, 6.07) is 13.9. The van der Waals surface area contributed by atoms with Gasteiger partial charge < -0.3 is 20.2 Å². The quantitative estimate of drug-likeness (QED) is 0.603. The Morgan fingerprint density at radius 2 is 1.82 bits per heavy atom. The van der Waals surface area contributed by atoms with Gasteiger partial charge in [0.25, 0.3) is 5.91 Å². The van der Waals surface area contributed by atoms with Crippen molar-refractivity contribution in [2.75, 3.05) is 11.9 Å². The second kappa shape index (κ2) is 9.05. The number of nitrogens with one attached hydrogen (secondary N) is 1. The van der Waals surface area contributed by atoms with Gasteiger partial charge in [0.2, 0.25) is 5.91 Å². The Kier molecular flexibility index (Phi) is 6.29. The smallest absolute Gasteiger partial charge is 0.255 e. The Hall–Kier alpha value is -3.32. The Bertz CT molecular complexity index is 952. The highest BCUT2D eigenvalue weighted by molar-refractivity contribution is 6.30. The molecule has 0 bridgehead atoms. The lowest BCUT2D eigenvalue weighted by Crippen LogP contribution is -2.20. The van der Waals surface area contributed by atoms with E-state index in [1.54, 1.807) is 42.6 Å². The molecular formula is C20H18ClN3O4. The number of oxazole rings is 1. The molecule has 1 aromatic heterocycles. The number of primary amides is 1. The van der Waals surface area contributed by atoms with E-state index in [0.717, 1.165) is 5.56 Å². The van der Waals surface area contributed by atoms with Gasteiger partial charge in [-0.2, -0.15) is 0 Å². The highest BCUT2D eigenvalue weighted by Gasteiger charge is 2.09. The number of rotatable bonds is 8. The molecule has 3 aromatic rings. The van der Waals surface area contributed by atoms with Gasteiger partial charge in [-0.15, -0.1) is 0 Å². The zero-order valence-corrected chi connectivity index (χ0v) is 15.6. The predicted molar refractivity (Wildman–Crippen MR) is 105 cm³/mol. The molecule has 0 aliphatic rings. The minimum atomic E-state index is -0.553. The topological polar surface area (TPSA) is 107 Å². The molecule has 0 saturated heterocycles. The predicted octanol–water partition coefficient (Wildman–Crippen LogP) is 3.43. The number of carbonyl (C=O) groups excluding carboxylic acids is 2. The molecule has 0 saturated carbocycles. The second-order valence-corrected chi connectivity index (χ2v) is 6.39. The summed E-state index contributed by atoms with van der Waals surface area (Å²) in [5.74, 6) is 0.875. The van der Waals surface area contributed by atoms with Crippen LogP contribution in [0.25, 0.3) is 11.3 Å². The van der Waals surface area contributed by atoms with Crippen LogP contribution >= 0.6 is 11.6 Å². The van der Waals surface area contributed by atoms with Crippen molar-refractivity contribution in [2.24, 2.45) is 5.73 Å². The highest BCUT2D eigenvalue weighted by atomic mass is 35.5. The van der Waals surface area contributed by atoms with E-state index in [1.165, 1.54) is 0 Å². The standard InChI is InChI=1S/C20H18ClN3O4/c21-14-3-1-13(2-4-14)17-11-23-20(28-17)10-9-19(26)24-15-5-7-16(8-6-15)27-12-18(22)25/h1-8,11H,9-10,12H2,(H2,22,25)(H,24,26). The number of aryl methyl sites for hydroxylation is 1. The van der Waals surface area contributed by atoms with Crippen molar-refractivity contribution >= 4 is 29.1 Å². The summed E-state index contributed by atoms with van der Waals surface area (Å²) in [4.78, 5) is 27.0. The van der Waals surface area contributed by atoms with Crippen LogP contribution in [0.1, 0.15) is 12.3 Å². The first-order valence-electron chi connectivity index (χ1n) is 8.51. The molecular weight excluding hydrogens is 382 g/mol. The van der Waals surface area contributed by atoms with Crippen molar-refractivity contribution in [3.8, 4) is 17.1 Å². The lowest BCUT2D eigenvalue weighted by molar-refractivity contribution is -0.120. The molecule has 0 aliphatic carbocycles. The van der Waals surface area contributed by atoms with Crippen molar-refractivity contribution in [2.45, 2.75) is 12.8 Å². The van der Waals surface area contributed by atoms with Crippen molar-refractivity contribution in [3.63, 3.8) is 0 Å². The third-order valence-electron chi connectivity index (χ3n) is 3.77. The zero-order chi connectivity index (χ0) is 19.9. The third kappa shape index (κ3) is 5.59. The summed E-state index contributed by atoms with van der Waals surface area (Å²) in [5.41, 5.74) is 6.50. The number of carbonyl (C=O) groups is 2. The van der Waals surface area contributed by atoms with E-state index in [9.17, 15) is 9.59 Å². The molecule has 3 rings (SSSR count). The molecule has 0 fully saturated rings. The van der Waals surface area contributed by atoms with Crippen molar-refractivity contribution in [3.05, 3.63) is 65.6 Å². The zero-order valence-electron chi connectivity index (χ0n) is 14.9. The maximum absolute atomic E-state index is 12.1. The summed E-state index contributed by atoms with van der Waals surface area (Å²) < 4.78 is 10.8. The monoisotopic (exact) mass is 399 g/mol. The Labute approximate surface area is 166 Å².